The third kappa shape index (κ3) is 3.85. The molecule has 0 fully saturated rings. The maximum absolute atomic E-state index is 4.41. The standard InChI is InChI=1S/C8H18S/c1-4-6-8(5-2)7(3)9/h7-9H,4-6H2,1-3H3. The van der Waals surface area contributed by atoms with Gasteiger partial charge in [0.05, 0.1) is 0 Å². The summed E-state index contributed by atoms with van der Waals surface area (Å²) < 4.78 is 0. The normalized spacial score (nSPS) is 17.3. The summed E-state index contributed by atoms with van der Waals surface area (Å²) in [6, 6.07) is 0. The van der Waals surface area contributed by atoms with Crippen LogP contribution in [-0.2, 0) is 0 Å². The Labute approximate surface area is 64.4 Å². The van der Waals surface area contributed by atoms with Gasteiger partial charge in [-0.15, -0.1) is 0 Å². The zero-order valence-electron chi connectivity index (χ0n) is 6.72. The maximum Gasteiger partial charge on any atom is 0.00166 e. The van der Waals surface area contributed by atoms with E-state index >= 15 is 0 Å². The quantitative estimate of drug-likeness (QED) is 0.579. The van der Waals surface area contributed by atoms with E-state index in [4.69, 9.17) is 0 Å². The van der Waals surface area contributed by atoms with Crippen LogP contribution in [0.1, 0.15) is 40.0 Å². The summed E-state index contributed by atoms with van der Waals surface area (Å²) in [5.74, 6) is 0.832. The van der Waals surface area contributed by atoms with E-state index in [-0.39, 0.29) is 0 Å². The summed E-state index contributed by atoms with van der Waals surface area (Å²) in [6.45, 7) is 6.67. The van der Waals surface area contributed by atoms with Crippen molar-refractivity contribution < 1.29 is 0 Å². The van der Waals surface area contributed by atoms with Crippen molar-refractivity contribution in [3.63, 3.8) is 0 Å². The lowest BCUT2D eigenvalue weighted by molar-refractivity contribution is 0.463. The van der Waals surface area contributed by atoms with Gasteiger partial charge in [-0.1, -0.05) is 33.6 Å². The third-order valence-electron chi connectivity index (χ3n) is 1.87. The molecule has 0 aromatic carbocycles. The van der Waals surface area contributed by atoms with Crippen molar-refractivity contribution in [1.29, 1.82) is 0 Å². The first-order valence-electron chi connectivity index (χ1n) is 3.90. The van der Waals surface area contributed by atoms with Gasteiger partial charge in [0.25, 0.3) is 0 Å². The van der Waals surface area contributed by atoms with Crippen LogP contribution in [0.3, 0.4) is 0 Å². The minimum Gasteiger partial charge on any atom is -0.176 e. The van der Waals surface area contributed by atoms with Crippen molar-refractivity contribution in [1.82, 2.24) is 0 Å². The first kappa shape index (κ1) is 9.35. The summed E-state index contributed by atoms with van der Waals surface area (Å²) in [7, 11) is 0. The largest absolute Gasteiger partial charge is 0.176 e. The summed E-state index contributed by atoms with van der Waals surface area (Å²) in [4.78, 5) is 0. The highest BCUT2D eigenvalue weighted by Crippen LogP contribution is 2.18. The fraction of sp³-hybridized carbons (Fsp3) is 1.00. The summed E-state index contributed by atoms with van der Waals surface area (Å²) in [5, 5.41) is 0.579. The fourth-order valence-corrected chi connectivity index (χ4v) is 1.52. The number of thiol groups is 1. The average Bonchev–Trinajstić information content (AvgIpc) is 1.82. The molecule has 1 heteroatoms. The number of rotatable bonds is 4. The molecule has 0 bridgehead atoms. The van der Waals surface area contributed by atoms with Gasteiger partial charge in [0.2, 0.25) is 0 Å². The predicted molar refractivity (Wildman–Crippen MR) is 47.1 cm³/mol. The molecule has 0 aromatic rings. The molecule has 0 saturated heterocycles. The van der Waals surface area contributed by atoms with Gasteiger partial charge in [-0.25, -0.2) is 0 Å². The van der Waals surface area contributed by atoms with Crippen molar-refractivity contribution in [2.45, 2.75) is 45.3 Å². The second-order valence-electron chi connectivity index (χ2n) is 2.70. The molecule has 0 aliphatic carbocycles. The molecular weight excluding hydrogens is 128 g/mol. The van der Waals surface area contributed by atoms with Crippen LogP contribution < -0.4 is 0 Å². The lowest BCUT2D eigenvalue weighted by Gasteiger charge is -2.16. The molecule has 0 aliphatic rings. The second kappa shape index (κ2) is 5.16. The zero-order chi connectivity index (χ0) is 7.28. The predicted octanol–water partition coefficient (Wildman–Crippen LogP) is 3.13. The van der Waals surface area contributed by atoms with Gasteiger partial charge >= 0.3 is 0 Å². The molecule has 0 aromatic heterocycles. The van der Waals surface area contributed by atoms with Crippen LogP contribution >= 0.6 is 12.6 Å². The second-order valence-corrected chi connectivity index (χ2v) is 3.51. The molecule has 56 valence electrons. The van der Waals surface area contributed by atoms with E-state index in [1.807, 2.05) is 0 Å². The van der Waals surface area contributed by atoms with Crippen molar-refractivity contribution in [2.24, 2.45) is 5.92 Å². The summed E-state index contributed by atoms with van der Waals surface area (Å²) in [6.07, 6.45) is 3.91. The Morgan fingerprint density at radius 1 is 1.33 bits per heavy atom. The molecular formula is C8H18S. The van der Waals surface area contributed by atoms with Crippen molar-refractivity contribution >= 4 is 12.6 Å². The van der Waals surface area contributed by atoms with E-state index in [1.54, 1.807) is 0 Å². The molecule has 0 N–H and O–H groups in total. The Balaban J connectivity index is 3.41. The smallest absolute Gasteiger partial charge is 0.00166 e. The first-order chi connectivity index (χ1) is 4.22. The Morgan fingerprint density at radius 2 is 1.89 bits per heavy atom. The molecule has 0 rings (SSSR count). The van der Waals surface area contributed by atoms with E-state index in [9.17, 15) is 0 Å². The van der Waals surface area contributed by atoms with Crippen LogP contribution in [0.5, 0.6) is 0 Å². The Hall–Kier alpha value is 0.350. The summed E-state index contributed by atoms with van der Waals surface area (Å²) in [5.41, 5.74) is 0. The minimum atomic E-state index is 0.579. The average molecular weight is 146 g/mol. The lowest BCUT2D eigenvalue weighted by atomic mass is 9.98. The Kier molecular flexibility index (Phi) is 5.36. The molecule has 9 heavy (non-hydrogen) atoms. The van der Waals surface area contributed by atoms with Gasteiger partial charge < -0.3 is 0 Å². The van der Waals surface area contributed by atoms with Crippen molar-refractivity contribution in [2.75, 3.05) is 0 Å². The molecule has 0 saturated carbocycles. The molecule has 0 aliphatic heterocycles. The number of hydrogen-bond donors (Lipinski definition) is 1. The van der Waals surface area contributed by atoms with Crippen molar-refractivity contribution in [3.8, 4) is 0 Å². The van der Waals surface area contributed by atoms with Gasteiger partial charge in [0.1, 0.15) is 0 Å². The van der Waals surface area contributed by atoms with E-state index in [0.29, 0.717) is 5.25 Å². The molecule has 0 spiro atoms. The maximum atomic E-state index is 4.41. The van der Waals surface area contributed by atoms with Gasteiger partial charge in [-0.3, -0.25) is 0 Å². The molecule has 2 unspecified atom stereocenters. The van der Waals surface area contributed by atoms with Crippen LogP contribution in [0.25, 0.3) is 0 Å². The number of hydrogen-bond acceptors (Lipinski definition) is 1. The topological polar surface area (TPSA) is 0 Å². The van der Waals surface area contributed by atoms with Crippen LogP contribution in [-0.4, -0.2) is 5.25 Å². The molecule has 0 amide bonds. The summed E-state index contributed by atoms with van der Waals surface area (Å²) >= 11 is 4.41. The van der Waals surface area contributed by atoms with Crippen LogP contribution in [0, 0.1) is 5.92 Å². The van der Waals surface area contributed by atoms with Crippen LogP contribution in [0.15, 0.2) is 0 Å². The lowest BCUT2D eigenvalue weighted by Crippen LogP contribution is -2.09. The fourth-order valence-electron chi connectivity index (χ4n) is 1.16. The van der Waals surface area contributed by atoms with E-state index in [2.05, 4.69) is 33.4 Å². The van der Waals surface area contributed by atoms with Crippen LogP contribution in [0.4, 0.5) is 0 Å². The van der Waals surface area contributed by atoms with Gasteiger partial charge in [0, 0.05) is 5.25 Å². The van der Waals surface area contributed by atoms with E-state index in [1.165, 1.54) is 19.3 Å². The highest BCUT2D eigenvalue weighted by molar-refractivity contribution is 7.80. The van der Waals surface area contributed by atoms with Crippen LogP contribution in [0.2, 0.25) is 0 Å². The highest BCUT2D eigenvalue weighted by atomic mass is 32.1. The van der Waals surface area contributed by atoms with Crippen molar-refractivity contribution in [3.05, 3.63) is 0 Å². The van der Waals surface area contributed by atoms with E-state index in [0.717, 1.165) is 5.92 Å². The molecule has 0 radical (unpaired) electrons. The van der Waals surface area contributed by atoms with E-state index < -0.39 is 0 Å². The molecule has 0 nitrogen and oxygen atoms in total. The Morgan fingerprint density at radius 3 is 2.00 bits per heavy atom. The molecule has 2 atom stereocenters. The highest BCUT2D eigenvalue weighted by Gasteiger charge is 2.08. The van der Waals surface area contributed by atoms with Gasteiger partial charge in [-0.05, 0) is 12.3 Å². The monoisotopic (exact) mass is 146 g/mol. The minimum absolute atomic E-state index is 0.579. The van der Waals surface area contributed by atoms with Gasteiger partial charge in [-0.2, -0.15) is 12.6 Å². The van der Waals surface area contributed by atoms with Gasteiger partial charge in [0.15, 0.2) is 0 Å². The molecule has 0 heterocycles. The first-order valence-corrected chi connectivity index (χ1v) is 4.42. The zero-order valence-corrected chi connectivity index (χ0v) is 7.62. The Bertz CT molecular complexity index is 59.6. The third-order valence-corrected chi connectivity index (χ3v) is 2.29. The SMILES string of the molecule is CCCC(CC)C(C)S.